The number of halogens is 3. The number of rotatable bonds is 5. The molecule has 0 radical (unpaired) electrons. The normalized spacial score (nSPS) is 17.7. The molecule has 140 valence electrons. The highest BCUT2D eigenvalue weighted by molar-refractivity contribution is 5.90. The van der Waals surface area contributed by atoms with Crippen LogP contribution in [0.15, 0.2) is 30.6 Å². The number of aryl methyl sites for hydroxylation is 1. The second-order valence-electron chi connectivity index (χ2n) is 6.22. The van der Waals surface area contributed by atoms with Crippen molar-refractivity contribution < 1.29 is 22.8 Å². The minimum atomic E-state index is -4.95. The van der Waals surface area contributed by atoms with E-state index in [2.05, 4.69) is 10.3 Å². The third kappa shape index (κ3) is 3.81. The molecule has 26 heavy (non-hydrogen) atoms. The van der Waals surface area contributed by atoms with Gasteiger partial charge >= 0.3 is 12.1 Å². The molecule has 1 aliphatic heterocycles. The minimum absolute atomic E-state index is 0.0451. The first kappa shape index (κ1) is 18.2. The second-order valence-corrected chi connectivity index (χ2v) is 6.22. The van der Waals surface area contributed by atoms with E-state index in [4.69, 9.17) is 0 Å². The van der Waals surface area contributed by atoms with Crippen molar-refractivity contribution in [3.05, 3.63) is 36.4 Å². The summed E-state index contributed by atoms with van der Waals surface area (Å²) in [6.07, 6.45) is 0.555. The number of amides is 2. The first-order valence-electron chi connectivity index (χ1n) is 8.44. The molecular formula is C17H19F3N4O2. The summed E-state index contributed by atoms with van der Waals surface area (Å²) in [6, 6.07) is 4.70. The van der Waals surface area contributed by atoms with Crippen LogP contribution < -0.4 is 5.32 Å². The summed E-state index contributed by atoms with van der Waals surface area (Å²) >= 11 is 0. The first-order chi connectivity index (χ1) is 12.4. The molecule has 2 amide bonds. The van der Waals surface area contributed by atoms with Gasteiger partial charge in [-0.15, -0.1) is 0 Å². The van der Waals surface area contributed by atoms with Crippen LogP contribution in [0.5, 0.6) is 0 Å². The van der Waals surface area contributed by atoms with E-state index in [1.807, 2.05) is 28.8 Å². The lowest BCUT2D eigenvalue weighted by molar-refractivity contribution is -0.186. The number of pyridine rings is 1. The van der Waals surface area contributed by atoms with Gasteiger partial charge in [-0.3, -0.25) is 9.59 Å². The van der Waals surface area contributed by atoms with Crippen molar-refractivity contribution in [2.45, 2.75) is 37.9 Å². The molecular weight excluding hydrogens is 349 g/mol. The summed E-state index contributed by atoms with van der Waals surface area (Å²) in [5.74, 6) is -1.63. The number of nitrogens with zero attached hydrogens (tertiary/aromatic N) is 3. The van der Waals surface area contributed by atoms with Gasteiger partial charge in [0, 0.05) is 25.7 Å². The number of aromatic nitrogens is 2. The smallest absolute Gasteiger partial charge is 0.354 e. The number of imidazole rings is 1. The predicted octanol–water partition coefficient (Wildman–Crippen LogP) is 1.94. The Kier molecular flexibility index (Phi) is 5.15. The van der Waals surface area contributed by atoms with Crippen LogP contribution in [0.4, 0.5) is 13.2 Å². The maximum atomic E-state index is 12.6. The number of alkyl halides is 3. The average Bonchev–Trinajstić information content (AvgIpc) is 3.24. The Morgan fingerprint density at radius 2 is 2.12 bits per heavy atom. The summed E-state index contributed by atoms with van der Waals surface area (Å²) in [4.78, 5) is 28.5. The number of carbonyl (C=O) groups is 2. The van der Waals surface area contributed by atoms with E-state index in [1.54, 1.807) is 6.20 Å². The summed E-state index contributed by atoms with van der Waals surface area (Å²) in [7, 11) is 0. The Balaban J connectivity index is 1.50. The summed E-state index contributed by atoms with van der Waals surface area (Å²) in [5, 5.41) is 2.63. The molecule has 1 unspecified atom stereocenters. The number of likely N-dealkylation sites (tertiary alicyclic amines) is 1. The van der Waals surface area contributed by atoms with Crippen LogP contribution in [0.1, 0.15) is 25.1 Å². The topological polar surface area (TPSA) is 66.7 Å². The molecule has 0 aliphatic carbocycles. The molecule has 1 atom stereocenters. The van der Waals surface area contributed by atoms with Crippen LogP contribution in [-0.4, -0.2) is 51.4 Å². The summed E-state index contributed by atoms with van der Waals surface area (Å²) < 4.78 is 39.7. The lowest BCUT2D eigenvalue weighted by Crippen LogP contribution is -2.50. The lowest BCUT2D eigenvalue weighted by Gasteiger charge is -2.24. The monoisotopic (exact) mass is 368 g/mol. The number of hydrogen-bond donors (Lipinski definition) is 1. The Morgan fingerprint density at radius 1 is 1.31 bits per heavy atom. The first-order valence-corrected chi connectivity index (χ1v) is 8.44. The fourth-order valence-electron chi connectivity index (χ4n) is 3.21. The van der Waals surface area contributed by atoms with Crippen LogP contribution in [0.3, 0.4) is 0 Å². The van der Waals surface area contributed by atoms with Crippen molar-refractivity contribution >= 4 is 17.3 Å². The van der Waals surface area contributed by atoms with Gasteiger partial charge in [-0.2, -0.15) is 13.2 Å². The van der Waals surface area contributed by atoms with Crippen molar-refractivity contribution in [3.8, 4) is 0 Å². The largest absolute Gasteiger partial charge is 0.471 e. The van der Waals surface area contributed by atoms with E-state index in [0.717, 1.165) is 11.3 Å². The fraction of sp³-hybridized carbons (Fsp3) is 0.471. The molecule has 0 aromatic carbocycles. The molecule has 1 saturated heterocycles. The second kappa shape index (κ2) is 7.35. The molecule has 2 aromatic rings. The number of hydrogen-bond acceptors (Lipinski definition) is 3. The molecule has 1 N–H and O–H groups in total. The van der Waals surface area contributed by atoms with Gasteiger partial charge in [0.2, 0.25) is 5.91 Å². The molecule has 6 nitrogen and oxygen atoms in total. The zero-order chi connectivity index (χ0) is 18.7. The highest BCUT2D eigenvalue weighted by Gasteiger charge is 2.47. The van der Waals surface area contributed by atoms with Crippen molar-refractivity contribution in [2.24, 2.45) is 0 Å². The molecule has 1 fully saturated rings. The Hall–Kier alpha value is -2.58. The SMILES string of the molecule is O=C(NCCCc1ncc2ccccn12)C1CCCN1C(=O)C(F)(F)F. The zero-order valence-electron chi connectivity index (χ0n) is 14.0. The van der Waals surface area contributed by atoms with Gasteiger partial charge in [-0.05, 0) is 31.4 Å². The lowest BCUT2D eigenvalue weighted by atomic mass is 10.2. The van der Waals surface area contributed by atoms with E-state index in [-0.39, 0.29) is 13.0 Å². The van der Waals surface area contributed by atoms with Crippen molar-refractivity contribution in [2.75, 3.05) is 13.1 Å². The molecule has 2 aromatic heterocycles. The zero-order valence-corrected chi connectivity index (χ0v) is 14.0. The quantitative estimate of drug-likeness (QED) is 0.821. The Morgan fingerprint density at radius 3 is 2.88 bits per heavy atom. The van der Waals surface area contributed by atoms with Gasteiger partial charge in [0.25, 0.3) is 0 Å². The van der Waals surface area contributed by atoms with Crippen LogP contribution in [0.25, 0.3) is 5.52 Å². The molecule has 1 aliphatic rings. The van der Waals surface area contributed by atoms with Crippen molar-refractivity contribution in [1.82, 2.24) is 19.6 Å². The molecule has 3 rings (SSSR count). The van der Waals surface area contributed by atoms with Gasteiger partial charge in [-0.25, -0.2) is 4.98 Å². The van der Waals surface area contributed by atoms with Crippen molar-refractivity contribution in [1.29, 1.82) is 0 Å². The minimum Gasteiger partial charge on any atom is -0.354 e. The van der Waals surface area contributed by atoms with E-state index < -0.39 is 24.0 Å². The number of nitrogens with one attached hydrogen (secondary N) is 1. The van der Waals surface area contributed by atoms with Crippen molar-refractivity contribution in [3.63, 3.8) is 0 Å². The van der Waals surface area contributed by atoms with E-state index in [9.17, 15) is 22.8 Å². The van der Waals surface area contributed by atoms with Crippen LogP contribution in [0.2, 0.25) is 0 Å². The molecule has 0 bridgehead atoms. The summed E-state index contributed by atoms with van der Waals surface area (Å²) in [5.41, 5.74) is 0.971. The number of fused-ring (bicyclic) bond motifs is 1. The fourth-order valence-corrected chi connectivity index (χ4v) is 3.21. The molecule has 0 saturated carbocycles. The molecule has 9 heteroatoms. The standard InChI is InChI=1S/C17H19F3N4O2/c18-17(19,20)16(26)24-10-4-6-13(24)15(25)21-8-3-7-14-22-11-12-5-1-2-9-23(12)14/h1-2,5,9,11,13H,3-4,6-8,10H2,(H,21,25). The van der Waals surface area contributed by atoms with Gasteiger partial charge < -0.3 is 14.6 Å². The van der Waals surface area contributed by atoms with Gasteiger partial charge in [-0.1, -0.05) is 6.07 Å². The highest BCUT2D eigenvalue weighted by Crippen LogP contribution is 2.25. The van der Waals surface area contributed by atoms with Gasteiger partial charge in [0.1, 0.15) is 11.9 Å². The van der Waals surface area contributed by atoms with Crippen LogP contribution in [-0.2, 0) is 16.0 Å². The van der Waals surface area contributed by atoms with Crippen LogP contribution >= 0.6 is 0 Å². The van der Waals surface area contributed by atoms with Crippen LogP contribution in [0, 0.1) is 0 Å². The molecule has 3 heterocycles. The number of carbonyl (C=O) groups excluding carboxylic acids is 2. The van der Waals surface area contributed by atoms with Gasteiger partial charge in [0.05, 0.1) is 11.7 Å². The molecule has 0 spiro atoms. The van der Waals surface area contributed by atoms with E-state index in [1.165, 1.54) is 0 Å². The maximum Gasteiger partial charge on any atom is 0.471 e. The predicted molar refractivity (Wildman–Crippen MR) is 87.3 cm³/mol. The third-order valence-electron chi connectivity index (χ3n) is 4.45. The summed E-state index contributed by atoms with van der Waals surface area (Å²) in [6.45, 7) is 0.265. The Labute approximate surface area is 148 Å². The van der Waals surface area contributed by atoms with Gasteiger partial charge in [0.15, 0.2) is 0 Å². The van der Waals surface area contributed by atoms with E-state index in [0.29, 0.717) is 30.7 Å². The van der Waals surface area contributed by atoms with E-state index >= 15 is 0 Å². The third-order valence-corrected chi connectivity index (χ3v) is 4.45. The Bertz CT molecular complexity index is 803. The highest BCUT2D eigenvalue weighted by atomic mass is 19.4. The average molecular weight is 368 g/mol. The maximum absolute atomic E-state index is 12.6.